The van der Waals surface area contributed by atoms with Gasteiger partial charge < -0.3 is 10.1 Å². The molecule has 0 radical (unpaired) electrons. The zero-order valence-corrected chi connectivity index (χ0v) is 10.2. The molecule has 3 aliphatic rings. The van der Waals surface area contributed by atoms with E-state index in [1.807, 2.05) is 0 Å². The molecular weight excluding hydrogens is 200 g/mol. The molecule has 1 aliphatic heterocycles. The van der Waals surface area contributed by atoms with Crippen LogP contribution in [0.4, 0.5) is 0 Å². The van der Waals surface area contributed by atoms with E-state index in [2.05, 4.69) is 10.2 Å². The maximum absolute atomic E-state index is 5.62. The van der Waals surface area contributed by atoms with E-state index in [4.69, 9.17) is 4.74 Å². The molecule has 0 bridgehead atoms. The predicted octanol–water partition coefficient (Wildman–Crippen LogP) is 1.24. The minimum atomic E-state index is 0.634. The van der Waals surface area contributed by atoms with Gasteiger partial charge in [-0.15, -0.1) is 0 Å². The molecule has 2 aliphatic carbocycles. The molecule has 1 heterocycles. The molecule has 3 fully saturated rings. The lowest BCUT2D eigenvalue weighted by molar-refractivity contribution is -0.0191. The Hall–Kier alpha value is -0.120. The van der Waals surface area contributed by atoms with Crippen molar-refractivity contribution in [2.24, 2.45) is 5.92 Å². The van der Waals surface area contributed by atoms with Crippen molar-refractivity contribution < 1.29 is 4.74 Å². The summed E-state index contributed by atoms with van der Waals surface area (Å²) in [5, 5.41) is 3.64. The molecule has 3 nitrogen and oxygen atoms in total. The van der Waals surface area contributed by atoms with Crippen LogP contribution >= 0.6 is 0 Å². The van der Waals surface area contributed by atoms with Gasteiger partial charge in [-0.3, -0.25) is 4.90 Å². The summed E-state index contributed by atoms with van der Waals surface area (Å²) in [7, 11) is 0. The second kappa shape index (κ2) is 5.03. The van der Waals surface area contributed by atoms with Crippen LogP contribution < -0.4 is 5.32 Å². The molecule has 3 heteroatoms. The van der Waals surface area contributed by atoms with Crippen LogP contribution in [0.25, 0.3) is 0 Å². The molecule has 1 saturated heterocycles. The van der Waals surface area contributed by atoms with Crippen LogP contribution in [-0.2, 0) is 4.74 Å². The Bertz CT molecular complexity index is 226. The van der Waals surface area contributed by atoms with E-state index >= 15 is 0 Å². The monoisotopic (exact) mass is 224 g/mol. The van der Waals surface area contributed by atoms with Gasteiger partial charge in [0.25, 0.3) is 0 Å². The zero-order chi connectivity index (χ0) is 10.8. The second-order valence-corrected chi connectivity index (χ2v) is 5.70. The summed E-state index contributed by atoms with van der Waals surface area (Å²) in [5.41, 5.74) is 0. The predicted molar refractivity (Wildman–Crippen MR) is 64.5 cm³/mol. The van der Waals surface area contributed by atoms with Gasteiger partial charge in [-0.1, -0.05) is 6.42 Å². The second-order valence-electron chi connectivity index (χ2n) is 5.70. The van der Waals surface area contributed by atoms with E-state index in [0.29, 0.717) is 6.04 Å². The quantitative estimate of drug-likeness (QED) is 0.760. The molecule has 0 aromatic rings. The molecule has 0 amide bonds. The number of ether oxygens (including phenoxy) is 1. The van der Waals surface area contributed by atoms with Crippen LogP contribution in [0.5, 0.6) is 0 Å². The number of nitrogens with one attached hydrogen (secondary N) is 1. The number of hydrogen-bond donors (Lipinski definition) is 1. The molecule has 3 rings (SSSR count). The van der Waals surface area contributed by atoms with Crippen LogP contribution in [0.15, 0.2) is 0 Å². The summed E-state index contributed by atoms with van der Waals surface area (Å²) in [5.74, 6) is 0.988. The fourth-order valence-corrected chi connectivity index (χ4v) is 2.71. The highest BCUT2D eigenvalue weighted by molar-refractivity contribution is 4.86. The molecule has 92 valence electrons. The van der Waals surface area contributed by atoms with Crippen molar-refractivity contribution in [3.8, 4) is 0 Å². The number of rotatable bonds is 5. The van der Waals surface area contributed by atoms with Gasteiger partial charge in [0, 0.05) is 31.7 Å². The molecular formula is C13H24N2O. The largest absolute Gasteiger partial charge is 0.378 e. The SMILES string of the molecule is C1CC(CN2CCOCC2CNC2CC2)C1. The van der Waals surface area contributed by atoms with Crippen LogP contribution in [-0.4, -0.2) is 49.8 Å². The first-order chi connectivity index (χ1) is 7.92. The standard InChI is InChI=1S/C13H24N2O/c1-2-11(3-1)9-15-6-7-16-10-13(15)8-14-12-4-5-12/h11-14H,1-10H2. The summed E-state index contributed by atoms with van der Waals surface area (Å²) in [6.07, 6.45) is 7.15. The Morgan fingerprint density at radius 1 is 1.19 bits per heavy atom. The zero-order valence-electron chi connectivity index (χ0n) is 10.2. The minimum Gasteiger partial charge on any atom is -0.378 e. The maximum atomic E-state index is 5.62. The summed E-state index contributed by atoms with van der Waals surface area (Å²) < 4.78 is 5.62. The van der Waals surface area contributed by atoms with E-state index < -0.39 is 0 Å². The van der Waals surface area contributed by atoms with Gasteiger partial charge in [-0.2, -0.15) is 0 Å². The first-order valence-electron chi connectivity index (χ1n) is 6.97. The van der Waals surface area contributed by atoms with Crippen molar-refractivity contribution in [2.45, 2.75) is 44.2 Å². The Labute approximate surface area is 98.5 Å². The Morgan fingerprint density at radius 2 is 2.06 bits per heavy atom. The van der Waals surface area contributed by atoms with Gasteiger partial charge in [-0.05, 0) is 31.6 Å². The topological polar surface area (TPSA) is 24.5 Å². The Morgan fingerprint density at radius 3 is 2.75 bits per heavy atom. The smallest absolute Gasteiger partial charge is 0.0634 e. The van der Waals surface area contributed by atoms with Gasteiger partial charge in [0.2, 0.25) is 0 Å². The number of morpholine rings is 1. The highest BCUT2D eigenvalue weighted by Crippen LogP contribution is 2.28. The highest BCUT2D eigenvalue weighted by Gasteiger charge is 2.29. The third-order valence-corrected chi connectivity index (χ3v) is 4.29. The van der Waals surface area contributed by atoms with Crippen LogP contribution in [0.2, 0.25) is 0 Å². The van der Waals surface area contributed by atoms with Crippen molar-refractivity contribution in [1.29, 1.82) is 0 Å². The van der Waals surface area contributed by atoms with Gasteiger partial charge in [0.05, 0.1) is 13.2 Å². The molecule has 16 heavy (non-hydrogen) atoms. The first kappa shape index (κ1) is 11.0. The van der Waals surface area contributed by atoms with Crippen LogP contribution in [0.1, 0.15) is 32.1 Å². The molecule has 1 unspecified atom stereocenters. The summed E-state index contributed by atoms with van der Waals surface area (Å²) in [6, 6.07) is 1.46. The highest BCUT2D eigenvalue weighted by atomic mass is 16.5. The Balaban J connectivity index is 1.46. The van der Waals surface area contributed by atoms with E-state index in [1.54, 1.807) is 0 Å². The van der Waals surface area contributed by atoms with E-state index in [-0.39, 0.29) is 0 Å². The molecule has 1 N–H and O–H groups in total. The van der Waals surface area contributed by atoms with E-state index in [1.165, 1.54) is 38.6 Å². The average molecular weight is 224 g/mol. The Kier molecular flexibility index (Phi) is 3.46. The molecule has 0 aromatic heterocycles. The normalized spacial score (nSPS) is 32.6. The van der Waals surface area contributed by atoms with E-state index in [9.17, 15) is 0 Å². The molecule has 0 aromatic carbocycles. The van der Waals surface area contributed by atoms with E-state index in [0.717, 1.165) is 38.3 Å². The van der Waals surface area contributed by atoms with Crippen molar-refractivity contribution >= 4 is 0 Å². The summed E-state index contributed by atoms with van der Waals surface area (Å²) in [4.78, 5) is 2.67. The number of nitrogens with zero attached hydrogens (tertiary/aromatic N) is 1. The van der Waals surface area contributed by atoms with Gasteiger partial charge >= 0.3 is 0 Å². The van der Waals surface area contributed by atoms with Crippen molar-refractivity contribution in [3.63, 3.8) is 0 Å². The lowest BCUT2D eigenvalue weighted by Gasteiger charge is -2.40. The molecule has 2 saturated carbocycles. The lowest BCUT2D eigenvalue weighted by atomic mass is 9.85. The van der Waals surface area contributed by atoms with Gasteiger partial charge in [0.15, 0.2) is 0 Å². The van der Waals surface area contributed by atoms with Crippen molar-refractivity contribution in [2.75, 3.05) is 32.8 Å². The fraction of sp³-hybridized carbons (Fsp3) is 1.00. The third-order valence-electron chi connectivity index (χ3n) is 4.29. The third kappa shape index (κ3) is 2.76. The average Bonchev–Trinajstić information content (AvgIpc) is 3.05. The lowest BCUT2D eigenvalue weighted by Crippen LogP contribution is -2.52. The van der Waals surface area contributed by atoms with Crippen LogP contribution in [0.3, 0.4) is 0 Å². The first-order valence-corrected chi connectivity index (χ1v) is 6.97. The molecule has 1 atom stereocenters. The summed E-state index contributed by atoms with van der Waals surface area (Å²) in [6.45, 7) is 5.48. The van der Waals surface area contributed by atoms with Crippen LogP contribution in [0, 0.1) is 5.92 Å². The fourth-order valence-electron chi connectivity index (χ4n) is 2.71. The van der Waals surface area contributed by atoms with Crippen molar-refractivity contribution in [1.82, 2.24) is 10.2 Å². The minimum absolute atomic E-state index is 0.634. The van der Waals surface area contributed by atoms with Crippen molar-refractivity contribution in [3.05, 3.63) is 0 Å². The summed E-state index contributed by atoms with van der Waals surface area (Å²) >= 11 is 0. The maximum Gasteiger partial charge on any atom is 0.0634 e. The number of hydrogen-bond acceptors (Lipinski definition) is 3. The van der Waals surface area contributed by atoms with Gasteiger partial charge in [0.1, 0.15) is 0 Å². The van der Waals surface area contributed by atoms with Gasteiger partial charge in [-0.25, -0.2) is 0 Å². The molecule has 0 spiro atoms.